The van der Waals surface area contributed by atoms with Gasteiger partial charge in [0.2, 0.25) is 5.91 Å². The van der Waals surface area contributed by atoms with Gasteiger partial charge in [0.05, 0.1) is 22.8 Å². The lowest BCUT2D eigenvalue weighted by Crippen LogP contribution is -2.23. The molecule has 3 aromatic rings. The van der Waals surface area contributed by atoms with Crippen molar-refractivity contribution in [3.05, 3.63) is 46.8 Å². The standard InChI is InChI=1S/C20H21ClN4O2S2/c1-13(19(26)22-15-6-2-5-14(21)11-15)29-20-24-23-18(17-8-4-10-28-17)25(20)12-16-7-3-9-27-16/h2,4-6,8,10-11,13,16H,3,7,9,12H2,1H3,(H,22,26)/t13-,16-/m0/s1. The Kier molecular flexibility index (Phi) is 6.54. The molecule has 1 aliphatic heterocycles. The summed E-state index contributed by atoms with van der Waals surface area (Å²) in [6, 6.07) is 11.2. The number of hydrogen-bond acceptors (Lipinski definition) is 6. The average Bonchev–Trinajstić information content (AvgIpc) is 3.45. The van der Waals surface area contributed by atoms with Crippen LogP contribution >= 0.6 is 34.7 Å². The first-order chi connectivity index (χ1) is 14.1. The molecule has 0 bridgehead atoms. The van der Waals surface area contributed by atoms with Crippen molar-refractivity contribution in [2.24, 2.45) is 0 Å². The van der Waals surface area contributed by atoms with Gasteiger partial charge in [-0.3, -0.25) is 9.36 Å². The van der Waals surface area contributed by atoms with Crippen molar-refractivity contribution in [3.63, 3.8) is 0 Å². The molecule has 0 spiro atoms. The van der Waals surface area contributed by atoms with Crippen LogP contribution in [0.1, 0.15) is 19.8 Å². The van der Waals surface area contributed by atoms with Gasteiger partial charge in [-0.15, -0.1) is 21.5 Å². The van der Waals surface area contributed by atoms with E-state index in [2.05, 4.69) is 20.1 Å². The summed E-state index contributed by atoms with van der Waals surface area (Å²) in [5.74, 6) is 0.710. The zero-order valence-electron chi connectivity index (χ0n) is 15.9. The summed E-state index contributed by atoms with van der Waals surface area (Å²) in [5.41, 5.74) is 0.676. The number of benzene rings is 1. The van der Waals surface area contributed by atoms with E-state index in [1.54, 1.807) is 29.5 Å². The van der Waals surface area contributed by atoms with Gasteiger partial charge < -0.3 is 10.1 Å². The van der Waals surface area contributed by atoms with E-state index in [9.17, 15) is 4.79 Å². The molecule has 4 rings (SSSR count). The number of aromatic nitrogens is 3. The highest BCUT2D eigenvalue weighted by Crippen LogP contribution is 2.31. The van der Waals surface area contributed by atoms with Crippen molar-refractivity contribution in [2.75, 3.05) is 11.9 Å². The molecule has 1 amide bonds. The van der Waals surface area contributed by atoms with E-state index in [4.69, 9.17) is 16.3 Å². The zero-order chi connectivity index (χ0) is 20.2. The van der Waals surface area contributed by atoms with Gasteiger partial charge >= 0.3 is 0 Å². The fraction of sp³-hybridized carbons (Fsp3) is 0.350. The third-order valence-electron chi connectivity index (χ3n) is 4.61. The zero-order valence-corrected chi connectivity index (χ0v) is 18.3. The van der Waals surface area contributed by atoms with Gasteiger partial charge in [0.25, 0.3) is 0 Å². The number of amides is 1. The summed E-state index contributed by atoms with van der Waals surface area (Å²) in [4.78, 5) is 13.7. The minimum absolute atomic E-state index is 0.110. The average molecular weight is 449 g/mol. The van der Waals surface area contributed by atoms with Crippen LogP contribution < -0.4 is 5.32 Å². The summed E-state index contributed by atoms with van der Waals surface area (Å²) in [6.45, 7) is 3.34. The number of anilines is 1. The summed E-state index contributed by atoms with van der Waals surface area (Å²) < 4.78 is 7.90. The van der Waals surface area contributed by atoms with Crippen LogP contribution in [-0.4, -0.2) is 38.6 Å². The summed E-state index contributed by atoms with van der Waals surface area (Å²) in [6.07, 6.45) is 2.25. The third kappa shape index (κ3) is 5.01. The van der Waals surface area contributed by atoms with Crippen molar-refractivity contribution < 1.29 is 9.53 Å². The Hall–Kier alpha value is -1.87. The van der Waals surface area contributed by atoms with Crippen LogP contribution in [-0.2, 0) is 16.1 Å². The van der Waals surface area contributed by atoms with Crippen LogP contribution in [0, 0.1) is 0 Å². The van der Waals surface area contributed by atoms with Crippen LogP contribution in [0.25, 0.3) is 10.7 Å². The van der Waals surface area contributed by atoms with Gasteiger partial charge in [-0.2, -0.15) is 0 Å². The molecular formula is C20H21ClN4O2S2. The maximum absolute atomic E-state index is 12.7. The monoisotopic (exact) mass is 448 g/mol. The molecule has 0 unspecified atom stereocenters. The second kappa shape index (κ2) is 9.30. The molecule has 1 aliphatic rings. The smallest absolute Gasteiger partial charge is 0.237 e. The van der Waals surface area contributed by atoms with Crippen molar-refractivity contribution in [1.82, 2.24) is 14.8 Å². The molecule has 152 valence electrons. The normalized spacial score (nSPS) is 17.4. The predicted molar refractivity (Wildman–Crippen MR) is 118 cm³/mol. The van der Waals surface area contributed by atoms with Gasteiger partial charge in [-0.1, -0.05) is 35.5 Å². The molecule has 0 aliphatic carbocycles. The van der Waals surface area contributed by atoms with Crippen LogP contribution in [0.4, 0.5) is 5.69 Å². The van der Waals surface area contributed by atoms with E-state index >= 15 is 0 Å². The predicted octanol–water partition coefficient (Wildman–Crippen LogP) is 4.96. The summed E-state index contributed by atoms with van der Waals surface area (Å²) >= 11 is 9.02. The second-order valence-corrected chi connectivity index (χ2v) is 9.48. The molecule has 1 aromatic carbocycles. The van der Waals surface area contributed by atoms with E-state index in [1.807, 2.05) is 30.5 Å². The number of carbonyl (C=O) groups is 1. The number of thioether (sulfide) groups is 1. The molecule has 1 fully saturated rings. The van der Waals surface area contributed by atoms with Crippen LogP contribution in [0.5, 0.6) is 0 Å². The van der Waals surface area contributed by atoms with Crippen molar-refractivity contribution >= 4 is 46.3 Å². The number of carbonyl (C=O) groups excluding carboxylic acids is 1. The Balaban J connectivity index is 1.51. The lowest BCUT2D eigenvalue weighted by molar-refractivity contribution is -0.115. The lowest BCUT2D eigenvalue weighted by atomic mass is 10.2. The summed E-state index contributed by atoms with van der Waals surface area (Å²) in [7, 11) is 0. The van der Waals surface area contributed by atoms with E-state index in [0.717, 1.165) is 35.3 Å². The topological polar surface area (TPSA) is 69.0 Å². The maximum Gasteiger partial charge on any atom is 0.237 e. The number of rotatable bonds is 7. The first-order valence-corrected chi connectivity index (χ1v) is 11.6. The number of nitrogens with zero attached hydrogens (tertiary/aromatic N) is 3. The SMILES string of the molecule is C[C@H](Sc1nnc(-c2cccs2)n1C[C@@H]1CCCO1)C(=O)Nc1cccc(Cl)c1. The Morgan fingerprint density at radius 1 is 1.41 bits per heavy atom. The largest absolute Gasteiger partial charge is 0.376 e. The first kappa shape index (κ1) is 20.4. The molecule has 2 aromatic heterocycles. The van der Waals surface area contributed by atoms with Gasteiger partial charge in [-0.05, 0) is 49.4 Å². The number of halogens is 1. The highest BCUT2D eigenvalue weighted by Gasteiger charge is 2.25. The lowest BCUT2D eigenvalue weighted by Gasteiger charge is -2.16. The molecule has 0 radical (unpaired) electrons. The minimum atomic E-state index is -0.349. The van der Waals surface area contributed by atoms with Crippen molar-refractivity contribution in [1.29, 1.82) is 0 Å². The molecule has 1 saturated heterocycles. The fourth-order valence-corrected chi connectivity index (χ4v) is 4.91. The molecule has 29 heavy (non-hydrogen) atoms. The van der Waals surface area contributed by atoms with Crippen LogP contribution in [0.3, 0.4) is 0 Å². The highest BCUT2D eigenvalue weighted by molar-refractivity contribution is 8.00. The Bertz CT molecular complexity index is 971. The molecule has 1 N–H and O–H groups in total. The van der Waals surface area contributed by atoms with E-state index in [1.165, 1.54) is 11.8 Å². The highest BCUT2D eigenvalue weighted by atomic mass is 35.5. The second-order valence-electron chi connectivity index (χ2n) is 6.79. The van der Waals surface area contributed by atoms with Crippen molar-refractivity contribution in [3.8, 4) is 10.7 Å². The molecular weight excluding hydrogens is 428 g/mol. The van der Waals surface area contributed by atoms with Crippen LogP contribution in [0.15, 0.2) is 46.9 Å². The molecule has 3 heterocycles. The quantitative estimate of drug-likeness (QED) is 0.517. The number of thiophene rings is 1. The maximum atomic E-state index is 12.7. The third-order valence-corrected chi connectivity index (χ3v) is 6.79. The Labute approximate surface area is 182 Å². The Morgan fingerprint density at radius 2 is 2.31 bits per heavy atom. The summed E-state index contributed by atoms with van der Waals surface area (Å²) in [5, 5.41) is 14.7. The van der Waals surface area contributed by atoms with Gasteiger partial charge in [0, 0.05) is 17.3 Å². The number of hydrogen-bond donors (Lipinski definition) is 1. The number of ether oxygens (including phenoxy) is 1. The molecule has 9 heteroatoms. The fourth-order valence-electron chi connectivity index (χ4n) is 3.14. The van der Waals surface area contributed by atoms with Gasteiger partial charge in [0.1, 0.15) is 0 Å². The van der Waals surface area contributed by atoms with Gasteiger partial charge in [-0.25, -0.2) is 0 Å². The minimum Gasteiger partial charge on any atom is -0.376 e. The molecule has 6 nitrogen and oxygen atoms in total. The van der Waals surface area contributed by atoms with Crippen LogP contribution in [0.2, 0.25) is 5.02 Å². The van der Waals surface area contributed by atoms with Crippen molar-refractivity contribution in [2.45, 2.75) is 42.8 Å². The number of nitrogens with one attached hydrogen (secondary N) is 1. The molecule has 0 saturated carbocycles. The Morgan fingerprint density at radius 3 is 3.03 bits per heavy atom. The van der Waals surface area contributed by atoms with Gasteiger partial charge in [0.15, 0.2) is 11.0 Å². The van der Waals surface area contributed by atoms with E-state index < -0.39 is 0 Å². The van der Waals surface area contributed by atoms with E-state index in [-0.39, 0.29) is 17.3 Å². The van der Waals surface area contributed by atoms with E-state index in [0.29, 0.717) is 17.3 Å². The molecule has 2 atom stereocenters. The first-order valence-electron chi connectivity index (χ1n) is 9.42.